The normalized spacial score (nSPS) is 13.1. The van der Waals surface area contributed by atoms with Gasteiger partial charge in [-0.25, -0.2) is 0 Å². The van der Waals surface area contributed by atoms with E-state index in [4.69, 9.17) is 21.1 Å². The van der Waals surface area contributed by atoms with Crippen molar-refractivity contribution in [1.82, 2.24) is 14.8 Å². The number of carbonyl (C=O) groups excluding carboxylic acids is 2. The molecule has 2 amide bonds. The number of nitrogens with one attached hydrogen (secondary N) is 1. The fraction of sp³-hybridized carbons (Fsp3) is 0.250. The highest BCUT2D eigenvalue weighted by Crippen LogP contribution is 2.32. The first kappa shape index (κ1) is 21.8. The number of rotatable bonds is 7. The van der Waals surface area contributed by atoms with E-state index in [0.29, 0.717) is 29.6 Å². The number of aromatic nitrogens is 1. The highest BCUT2D eigenvalue weighted by atomic mass is 35.5. The van der Waals surface area contributed by atoms with Gasteiger partial charge in [0.25, 0.3) is 0 Å². The van der Waals surface area contributed by atoms with Crippen molar-refractivity contribution >= 4 is 40.4 Å². The highest BCUT2D eigenvalue weighted by Gasteiger charge is 2.21. The molecule has 0 bridgehead atoms. The number of fused-ring (bicyclic) bond motifs is 2. The first-order valence-electron chi connectivity index (χ1n) is 10.2. The summed E-state index contributed by atoms with van der Waals surface area (Å²) in [6.45, 7) is 0.996. The molecule has 1 N–H and O–H groups in total. The summed E-state index contributed by atoms with van der Waals surface area (Å²) < 4.78 is 12.7. The second kappa shape index (κ2) is 9.36. The number of hydrogen-bond acceptors (Lipinski definition) is 4. The van der Waals surface area contributed by atoms with Gasteiger partial charge in [0.1, 0.15) is 6.54 Å². The second-order valence-corrected chi connectivity index (χ2v) is 7.86. The molecule has 1 aromatic heterocycles. The van der Waals surface area contributed by atoms with E-state index in [0.717, 1.165) is 22.0 Å². The van der Waals surface area contributed by atoms with Gasteiger partial charge in [-0.2, -0.15) is 0 Å². The SMILES string of the molecule is COc1cc2c(cc1OC)CC(=O)N(CC(=O)NCCn1ccc3c(Cl)cccc31)C=C2. The minimum atomic E-state index is -0.224. The van der Waals surface area contributed by atoms with Gasteiger partial charge in [0.05, 0.1) is 20.6 Å². The molecule has 0 saturated carbocycles. The average molecular weight is 454 g/mol. The molecular formula is C24H24ClN3O4. The van der Waals surface area contributed by atoms with E-state index < -0.39 is 0 Å². The van der Waals surface area contributed by atoms with Crippen molar-refractivity contribution in [3.05, 3.63) is 64.9 Å². The summed E-state index contributed by atoms with van der Waals surface area (Å²) in [6, 6.07) is 11.3. The molecule has 0 atom stereocenters. The first-order chi connectivity index (χ1) is 15.5. The predicted octanol–water partition coefficient (Wildman–Crippen LogP) is 3.48. The number of carbonyl (C=O) groups is 2. The van der Waals surface area contributed by atoms with Crippen LogP contribution in [-0.4, -0.2) is 48.6 Å². The van der Waals surface area contributed by atoms with Gasteiger partial charge in [0.2, 0.25) is 11.8 Å². The van der Waals surface area contributed by atoms with E-state index >= 15 is 0 Å². The maximum absolute atomic E-state index is 12.7. The third-order valence-corrected chi connectivity index (χ3v) is 5.82. The van der Waals surface area contributed by atoms with Crippen molar-refractivity contribution in [2.24, 2.45) is 0 Å². The number of amides is 2. The van der Waals surface area contributed by atoms with Crippen LogP contribution in [0.15, 0.2) is 48.8 Å². The quantitative estimate of drug-likeness (QED) is 0.594. The van der Waals surface area contributed by atoms with Gasteiger partial charge in [0.15, 0.2) is 11.5 Å². The van der Waals surface area contributed by atoms with Crippen LogP contribution >= 0.6 is 11.6 Å². The molecule has 0 radical (unpaired) electrons. The molecule has 3 aromatic rings. The Kier molecular flexibility index (Phi) is 6.37. The number of ether oxygens (including phenoxy) is 2. The second-order valence-electron chi connectivity index (χ2n) is 7.45. The molecule has 7 nitrogen and oxygen atoms in total. The molecule has 1 aliphatic heterocycles. The molecule has 0 aliphatic carbocycles. The fourth-order valence-corrected chi connectivity index (χ4v) is 4.04. The lowest BCUT2D eigenvalue weighted by molar-refractivity contribution is -0.132. The van der Waals surface area contributed by atoms with E-state index in [2.05, 4.69) is 5.32 Å². The summed E-state index contributed by atoms with van der Waals surface area (Å²) in [7, 11) is 3.12. The van der Waals surface area contributed by atoms with Crippen molar-refractivity contribution in [1.29, 1.82) is 0 Å². The van der Waals surface area contributed by atoms with Gasteiger partial charge in [-0.1, -0.05) is 17.7 Å². The minimum Gasteiger partial charge on any atom is -0.493 e. The van der Waals surface area contributed by atoms with Crippen LogP contribution in [0.4, 0.5) is 0 Å². The summed E-state index contributed by atoms with van der Waals surface area (Å²) in [6.07, 6.45) is 5.57. The van der Waals surface area contributed by atoms with Crippen LogP contribution in [0.2, 0.25) is 5.02 Å². The summed E-state index contributed by atoms with van der Waals surface area (Å²) >= 11 is 6.22. The smallest absolute Gasteiger partial charge is 0.240 e. The van der Waals surface area contributed by atoms with Gasteiger partial charge in [-0.3, -0.25) is 9.59 Å². The Hall–Kier alpha value is -3.45. The van der Waals surface area contributed by atoms with Crippen molar-refractivity contribution in [3.8, 4) is 11.5 Å². The molecule has 1 aliphatic rings. The van der Waals surface area contributed by atoms with Gasteiger partial charge >= 0.3 is 0 Å². The molecule has 166 valence electrons. The maximum Gasteiger partial charge on any atom is 0.240 e. The van der Waals surface area contributed by atoms with Crippen LogP contribution in [0.25, 0.3) is 17.0 Å². The number of halogens is 1. The van der Waals surface area contributed by atoms with Crippen LogP contribution < -0.4 is 14.8 Å². The number of benzene rings is 2. The molecule has 32 heavy (non-hydrogen) atoms. The molecule has 8 heteroatoms. The third kappa shape index (κ3) is 4.43. The van der Waals surface area contributed by atoms with E-state index in [1.807, 2.05) is 47.2 Å². The monoisotopic (exact) mass is 453 g/mol. The van der Waals surface area contributed by atoms with Crippen LogP contribution in [0.3, 0.4) is 0 Å². The Morgan fingerprint density at radius 3 is 2.72 bits per heavy atom. The Morgan fingerprint density at radius 1 is 1.16 bits per heavy atom. The Bertz CT molecular complexity index is 1200. The topological polar surface area (TPSA) is 72.8 Å². The van der Waals surface area contributed by atoms with E-state index in [1.54, 1.807) is 26.5 Å². The average Bonchev–Trinajstić information content (AvgIpc) is 3.14. The summed E-state index contributed by atoms with van der Waals surface area (Å²) in [5, 5.41) is 4.57. The summed E-state index contributed by atoms with van der Waals surface area (Å²) in [5.41, 5.74) is 2.70. The van der Waals surface area contributed by atoms with Crippen LogP contribution in [0.1, 0.15) is 11.1 Å². The zero-order valence-electron chi connectivity index (χ0n) is 17.9. The summed E-state index contributed by atoms with van der Waals surface area (Å²) in [5.74, 6) is 0.776. The highest BCUT2D eigenvalue weighted by molar-refractivity contribution is 6.35. The van der Waals surface area contributed by atoms with Gasteiger partial charge in [0, 0.05) is 41.4 Å². The van der Waals surface area contributed by atoms with E-state index in [1.165, 1.54) is 4.90 Å². The van der Waals surface area contributed by atoms with Crippen molar-refractivity contribution in [3.63, 3.8) is 0 Å². The van der Waals surface area contributed by atoms with Gasteiger partial charge in [-0.15, -0.1) is 0 Å². The lowest BCUT2D eigenvalue weighted by Crippen LogP contribution is -2.39. The Morgan fingerprint density at radius 2 is 1.94 bits per heavy atom. The van der Waals surface area contributed by atoms with E-state index in [9.17, 15) is 9.59 Å². The van der Waals surface area contributed by atoms with Crippen LogP contribution in [0, 0.1) is 0 Å². The van der Waals surface area contributed by atoms with Crippen molar-refractivity contribution in [2.75, 3.05) is 27.3 Å². The molecular weight excluding hydrogens is 430 g/mol. The maximum atomic E-state index is 12.7. The molecule has 0 unspecified atom stereocenters. The first-order valence-corrected chi connectivity index (χ1v) is 10.6. The number of hydrogen-bond donors (Lipinski definition) is 1. The molecule has 2 heterocycles. The van der Waals surface area contributed by atoms with Crippen molar-refractivity contribution in [2.45, 2.75) is 13.0 Å². The van der Waals surface area contributed by atoms with Gasteiger partial charge < -0.3 is 24.3 Å². The molecule has 0 saturated heterocycles. The lowest BCUT2D eigenvalue weighted by Gasteiger charge is -2.17. The largest absolute Gasteiger partial charge is 0.493 e. The fourth-order valence-electron chi connectivity index (χ4n) is 3.81. The zero-order chi connectivity index (χ0) is 22.7. The van der Waals surface area contributed by atoms with Crippen LogP contribution in [-0.2, 0) is 22.6 Å². The predicted molar refractivity (Wildman–Crippen MR) is 124 cm³/mol. The van der Waals surface area contributed by atoms with Crippen LogP contribution in [0.5, 0.6) is 11.5 Å². The standard InChI is InChI=1S/C24H24ClN3O4/c1-31-21-12-16-6-9-28(24(30)14-17(16)13-22(21)32-2)15-23(29)26-8-11-27-10-7-18-19(25)4-3-5-20(18)27/h3-7,9-10,12-13H,8,11,14-15H2,1-2H3,(H,26,29). The number of nitrogens with zero attached hydrogens (tertiary/aromatic N) is 2. The molecule has 2 aromatic carbocycles. The summed E-state index contributed by atoms with van der Waals surface area (Å²) in [4.78, 5) is 26.6. The minimum absolute atomic E-state index is 0.0458. The third-order valence-electron chi connectivity index (χ3n) is 5.49. The molecule has 0 fully saturated rings. The van der Waals surface area contributed by atoms with Crippen molar-refractivity contribution < 1.29 is 19.1 Å². The Balaban J connectivity index is 1.37. The molecule has 0 spiro atoms. The Labute approximate surface area is 191 Å². The van der Waals surface area contributed by atoms with E-state index in [-0.39, 0.29) is 24.8 Å². The molecule has 4 rings (SSSR count). The number of methoxy groups -OCH3 is 2. The van der Waals surface area contributed by atoms with Gasteiger partial charge in [-0.05, 0) is 47.5 Å². The lowest BCUT2D eigenvalue weighted by atomic mass is 10.0. The zero-order valence-corrected chi connectivity index (χ0v) is 18.7.